The Morgan fingerprint density at radius 2 is 2.15 bits per heavy atom. The summed E-state index contributed by atoms with van der Waals surface area (Å²) in [5.41, 5.74) is 1.16. The van der Waals surface area contributed by atoms with Crippen LogP contribution in [0.1, 0.15) is 24.8 Å². The minimum absolute atomic E-state index is 0.493. The Morgan fingerprint density at radius 3 is 2.75 bits per heavy atom. The molecule has 1 fully saturated rings. The summed E-state index contributed by atoms with van der Waals surface area (Å²) in [7, 11) is 1.58. The number of methoxy groups -OCH3 is 1. The zero-order chi connectivity index (χ0) is 14.2. The normalized spacial score (nSPS) is 16.3. The van der Waals surface area contributed by atoms with Crippen LogP contribution in [0.5, 0.6) is 5.88 Å². The molecule has 4 nitrogen and oxygen atoms in total. The number of rotatable bonds is 3. The number of fused-ring (bicyclic) bond motifs is 1. The number of aromatic nitrogens is 1. The number of isocyanates is 1. The van der Waals surface area contributed by atoms with Gasteiger partial charge in [-0.05, 0) is 37.0 Å². The average molecular weight is 289 g/mol. The van der Waals surface area contributed by atoms with Gasteiger partial charge in [0.05, 0.1) is 23.2 Å². The lowest BCUT2D eigenvalue weighted by Gasteiger charge is -2.37. The Hall–Kier alpha value is -1.90. The van der Waals surface area contributed by atoms with Gasteiger partial charge in [0.15, 0.2) is 0 Å². The Morgan fingerprint density at radius 1 is 1.35 bits per heavy atom. The number of pyridine rings is 1. The van der Waals surface area contributed by atoms with Gasteiger partial charge < -0.3 is 4.74 Å². The Bertz CT molecular complexity index is 719. The molecule has 0 aliphatic heterocycles. The Kier molecular flexibility index (Phi) is 3.20. The highest BCUT2D eigenvalue weighted by atomic mass is 35.5. The van der Waals surface area contributed by atoms with E-state index in [1.807, 2.05) is 18.2 Å². The van der Waals surface area contributed by atoms with Gasteiger partial charge in [-0.1, -0.05) is 17.7 Å². The lowest BCUT2D eigenvalue weighted by Crippen LogP contribution is -2.32. The molecule has 102 valence electrons. The maximum atomic E-state index is 10.7. The molecular weight excluding hydrogens is 276 g/mol. The fourth-order valence-corrected chi connectivity index (χ4v) is 3.06. The van der Waals surface area contributed by atoms with Crippen molar-refractivity contribution in [2.45, 2.75) is 24.8 Å². The minimum atomic E-state index is -0.493. The van der Waals surface area contributed by atoms with Crippen LogP contribution in [0.4, 0.5) is 0 Å². The predicted molar refractivity (Wildman–Crippen MR) is 77.0 cm³/mol. The smallest absolute Gasteiger partial charge is 0.235 e. The van der Waals surface area contributed by atoms with E-state index in [1.165, 1.54) is 0 Å². The highest BCUT2D eigenvalue weighted by molar-refractivity contribution is 6.36. The van der Waals surface area contributed by atoms with Crippen LogP contribution in [-0.4, -0.2) is 18.2 Å². The van der Waals surface area contributed by atoms with Crippen LogP contribution >= 0.6 is 11.6 Å². The maximum absolute atomic E-state index is 10.7. The SMILES string of the molecule is COc1ccc2c(Cl)c(C3(N=C=O)CCC3)ccc2n1. The van der Waals surface area contributed by atoms with Crippen molar-refractivity contribution in [1.29, 1.82) is 0 Å². The summed E-state index contributed by atoms with van der Waals surface area (Å²) in [5, 5.41) is 1.45. The van der Waals surface area contributed by atoms with Gasteiger partial charge in [0.2, 0.25) is 12.0 Å². The molecule has 0 radical (unpaired) electrons. The first-order valence-electron chi connectivity index (χ1n) is 6.43. The molecule has 0 amide bonds. The fourth-order valence-electron chi connectivity index (χ4n) is 2.66. The topological polar surface area (TPSA) is 51.5 Å². The van der Waals surface area contributed by atoms with Gasteiger partial charge in [-0.25, -0.2) is 9.78 Å². The molecule has 0 spiro atoms. The minimum Gasteiger partial charge on any atom is -0.481 e. The molecule has 1 aliphatic carbocycles. The number of hydrogen-bond acceptors (Lipinski definition) is 4. The highest BCUT2D eigenvalue weighted by Crippen LogP contribution is 2.48. The number of aliphatic imine (C=N–C) groups is 1. The molecule has 1 heterocycles. The number of carbonyl (C=O) groups excluding carboxylic acids is 1. The van der Waals surface area contributed by atoms with Crippen LogP contribution in [0.3, 0.4) is 0 Å². The first kappa shape index (κ1) is 13.1. The first-order chi connectivity index (χ1) is 9.70. The van der Waals surface area contributed by atoms with Gasteiger partial charge in [-0.2, -0.15) is 4.99 Å². The van der Waals surface area contributed by atoms with E-state index >= 15 is 0 Å². The summed E-state index contributed by atoms with van der Waals surface area (Å²) in [5.74, 6) is 0.547. The van der Waals surface area contributed by atoms with E-state index in [2.05, 4.69) is 9.98 Å². The molecule has 0 N–H and O–H groups in total. The van der Waals surface area contributed by atoms with Gasteiger partial charge in [-0.3, -0.25) is 0 Å². The molecule has 0 bridgehead atoms. The van der Waals surface area contributed by atoms with E-state index in [9.17, 15) is 4.79 Å². The van der Waals surface area contributed by atoms with Gasteiger partial charge in [0.25, 0.3) is 0 Å². The largest absolute Gasteiger partial charge is 0.481 e. The second kappa shape index (κ2) is 4.89. The summed E-state index contributed by atoms with van der Waals surface area (Å²) in [6.45, 7) is 0. The van der Waals surface area contributed by atoms with Gasteiger partial charge in [-0.15, -0.1) is 0 Å². The predicted octanol–water partition coefficient (Wildman–Crippen LogP) is 3.61. The van der Waals surface area contributed by atoms with E-state index < -0.39 is 5.54 Å². The molecule has 5 heteroatoms. The van der Waals surface area contributed by atoms with Crippen molar-refractivity contribution in [2.75, 3.05) is 7.11 Å². The van der Waals surface area contributed by atoms with Crippen LogP contribution in [0, 0.1) is 0 Å². The Labute approximate surface area is 121 Å². The molecular formula is C15H13ClN2O2. The lowest BCUT2D eigenvalue weighted by molar-refractivity contribution is 0.256. The van der Waals surface area contributed by atoms with Crippen LogP contribution in [0.15, 0.2) is 29.3 Å². The van der Waals surface area contributed by atoms with E-state index in [1.54, 1.807) is 19.3 Å². The second-order valence-electron chi connectivity index (χ2n) is 4.94. The van der Waals surface area contributed by atoms with Crippen LogP contribution < -0.4 is 4.74 Å². The molecule has 0 atom stereocenters. The van der Waals surface area contributed by atoms with Crippen molar-refractivity contribution in [3.63, 3.8) is 0 Å². The molecule has 0 unspecified atom stereocenters. The summed E-state index contributed by atoms with van der Waals surface area (Å²) >= 11 is 6.50. The number of halogens is 1. The molecule has 3 rings (SSSR count). The van der Waals surface area contributed by atoms with Crippen molar-refractivity contribution in [3.05, 3.63) is 34.9 Å². The lowest BCUT2D eigenvalue weighted by atomic mass is 9.72. The number of benzene rings is 1. The summed E-state index contributed by atoms with van der Waals surface area (Å²) < 4.78 is 5.11. The van der Waals surface area contributed by atoms with Crippen LogP contribution in [0.25, 0.3) is 10.9 Å². The third-order valence-corrected chi connectivity index (χ3v) is 4.34. The quantitative estimate of drug-likeness (QED) is 0.640. The molecule has 1 saturated carbocycles. The molecule has 1 aromatic heterocycles. The van der Waals surface area contributed by atoms with E-state index in [0.29, 0.717) is 10.9 Å². The number of nitrogens with zero attached hydrogens (tertiary/aromatic N) is 2. The fraction of sp³-hybridized carbons (Fsp3) is 0.333. The molecule has 1 aromatic carbocycles. The van der Waals surface area contributed by atoms with Gasteiger partial charge in [0, 0.05) is 11.5 Å². The third kappa shape index (κ3) is 1.89. The van der Waals surface area contributed by atoms with Crippen LogP contribution in [0.2, 0.25) is 5.02 Å². The van der Waals surface area contributed by atoms with E-state index in [-0.39, 0.29) is 0 Å². The Balaban J connectivity index is 2.19. The van der Waals surface area contributed by atoms with Crippen molar-refractivity contribution in [3.8, 4) is 5.88 Å². The monoisotopic (exact) mass is 288 g/mol. The molecule has 20 heavy (non-hydrogen) atoms. The third-order valence-electron chi connectivity index (χ3n) is 3.93. The molecule has 1 aliphatic rings. The summed E-state index contributed by atoms with van der Waals surface area (Å²) in [6, 6.07) is 7.44. The highest BCUT2D eigenvalue weighted by Gasteiger charge is 2.40. The number of ether oxygens (including phenoxy) is 1. The standard InChI is InChI=1S/C15H13ClN2O2/c1-20-13-6-3-10-12(18-13)5-4-11(14(10)16)15(17-9-19)7-2-8-15/h3-6H,2,7-8H2,1H3. The van der Waals surface area contributed by atoms with Crippen molar-refractivity contribution >= 4 is 28.6 Å². The summed E-state index contributed by atoms with van der Waals surface area (Å²) in [6.07, 6.45) is 4.39. The zero-order valence-electron chi connectivity index (χ0n) is 11.0. The van der Waals surface area contributed by atoms with E-state index in [0.717, 1.165) is 35.7 Å². The van der Waals surface area contributed by atoms with E-state index in [4.69, 9.17) is 16.3 Å². The first-order valence-corrected chi connectivity index (χ1v) is 6.81. The molecule has 0 saturated heterocycles. The van der Waals surface area contributed by atoms with Crippen molar-refractivity contribution in [2.24, 2.45) is 4.99 Å². The summed E-state index contributed by atoms with van der Waals surface area (Å²) in [4.78, 5) is 19.0. The second-order valence-corrected chi connectivity index (χ2v) is 5.31. The van der Waals surface area contributed by atoms with Crippen LogP contribution in [-0.2, 0) is 10.3 Å². The van der Waals surface area contributed by atoms with Gasteiger partial charge in [0.1, 0.15) is 0 Å². The number of hydrogen-bond donors (Lipinski definition) is 0. The van der Waals surface area contributed by atoms with Gasteiger partial charge >= 0.3 is 0 Å². The van der Waals surface area contributed by atoms with Crippen molar-refractivity contribution < 1.29 is 9.53 Å². The van der Waals surface area contributed by atoms with Crippen molar-refractivity contribution in [1.82, 2.24) is 4.98 Å². The average Bonchev–Trinajstić information content (AvgIpc) is 2.43. The maximum Gasteiger partial charge on any atom is 0.235 e. The molecule has 2 aromatic rings. The zero-order valence-corrected chi connectivity index (χ0v) is 11.8.